The molecule has 0 N–H and O–H groups in total. The number of aromatic nitrogens is 4. The van der Waals surface area contributed by atoms with Crippen molar-refractivity contribution in [3.8, 4) is 0 Å². The lowest BCUT2D eigenvalue weighted by Gasteiger charge is -2.06. The first kappa shape index (κ1) is 11.4. The molecule has 0 radical (unpaired) electrons. The molecule has 3 heterocycles. The molecule has 0 saturated carbocycles. The second kappa shape index (κ2) is 4.22. The van der Waals surface area contributed by atoms with E-state index in [1.54, 1.807) is 22.8 Å². The number of hydrogen-bond donors (Lipinski definition) is 0. The summed E-state index contributed by atoms with van der Waals surface area (Å²) in [4.78, 5) is 21.2. The standard InChI is InChI=1S/C11H9ClN4OS/c1-7-13-9(12)4-10(17)16(7)6-8-5-15-2-3-18-11(15)14-8/h2-5H,6H2,1H3. The number of halogens is 1. The number of hydrogen-bond acceptors (Lipinski definition) is 4. The normalized spacial score (nSPS) is 11.2. The molecule has 0 saturated heterocycles. The molecule has 5 nitrogen and oxygen atoms in total. The fraction of sp³-hybridized carbons (Fsp3) is 0.182. The average Bonchev–Trinajstić information content (AvgIpc) is 2.83. The van der Waals surface area contributed by atoms with Crippen LogP contribution in [0.25, 0.3) is 4.96 Å². The van der Waals surface area contributed by atoms with Crippen LogP contribution in [0.3, 0.4) is 0 Å². The molecule has 3 aromatic rings. The van der Waals surface area contributed by atoms with Crippen molar-refractivity contribution in [2.45, 2.75) is 13.5 Å². The van der Waals surface area contributed by atoms with Gasteiger partial charge < -0.3 is 0 Å². The van der Waals surface area contributed by atoms with E-state index in [1.165, 1.54) is 6.07 Å². The third-order valence-corrected chi connectivity index (χ3v) is 3.60. The predicted molar refractivity (Wildman–Crippen MR) is 70.4 cm³/mol. The van der Waals surface area contributed by atoms with Gasteiger partial charge in [0.2, 0.25) is 0 Å². The Labute approximate surface area is 111 Å². The number of thiazole rings is 1. The van der Waals surface area contributed by atoms with E-state index in [-0.39, 0.29) is 10.7 Å². The summed E-state index contributed by atoms with van der Waals surface area (Å²) >= 11 is 7.29. The Morgan fingerprint density at radius 1 is 1.44 bits per heavy atom. The fourth-order valence-corrected chi connectivity index (χ4v) is 2.73. The van der Waals surface area contributed by atoms with Gasteiger partial charge in [0, 0.05) is 23.8 Å². The minimum Gasteiger partial charge on any atom is -0.297 e. The average molecular weight is 281 g/mol. The van der Waals surface area contributed by atoms with Crippen LogP contribution in [0.1, 0.15) is 11.5 Å². The molecule has 0 aromatic carbocycles. The topological polar surface area (TPSA) is 52.2 Å². The largest absolute Gasteiger partial charge is 0.297 e. The van der Waals surface area contributed by atoms with E-state index < -0.39 is 0 Å². The van der Waals surface area contributed by atoms with Crippen LogP contribution in [0, 0.1) is 6.92 Å². The molecule has 0 fully saturated rings. The second-order valence-corrected chi connectivity index (χ2v) is 5.14. The molecular weight excluding hydrogens is 272 g/mol. The van der Waals surface area contributed by atoms with Gasteiger partial charge >= 0.3 is 0 Å². The van der Waals surface area contributed by atoms with Crippen molar-refractivity contribution in [3.05, 3.63) is 50.9 Å². The van der Waals surface area contributed by atoms with Gasteiger partial charge in [-0.25, -0.2) is 9.97 Å². The van der Waals surface area contributed by atoms with Gasteiger partial charge in [-0.05, 0) is 6.92 Å². The van der Waals surface area contributed by atoms with Crippen molar-refractivity contribution in [2.75, 3.05) is 0 Å². The summed E-state index contributed by atoms with van der Waals surface area (Å²) in [5.41, 5.74) is 0.667. The van der Waals surface area contributed by atoms with E-state index in [9.17, 15) is 4.79 Å². The summed E-state index contributed by atoms with van der Waals surface area (Å²) in [6, 6.07) is 1.31. The summed E-state index contributed by atoms with van der Waals surface area (Å²) < 4.78 is 3.49. The first-order valence-electron chi connectivity index (χ1n) is 5.28. The van der Waals surface area contributed by atoms with Crippen LogP contribution in [0.4, 0.5) is 0 Å². The number of aryl methyl sites for hydroxylation is 1. The van der Waals surface area contributed by atoms with E-state index in [4.69, 9.17) is 11.6 Å². The summed E-state index contributed by atoms with van der Waals surface area (Å²) in [6.45, 7) is 2.16. The van der Waals surface area contributed by atoms with E-state index >= 15 is 0 Å². The van der Waals surface area contributed by atoms with Gasteiger partial charge in [-0.1, -0.05) is 11.6 Å². The number of rotatable bonds is 2. The number of fused-ring (bicyclic) bond motifs is 1. The molecular formula is C11H9ClN4OS. The Bertz CT molecular complexity index is 744. The van der Waals surface area contributed by atoms with E-state index in [0.717, 1.165) is 10.7 Å². The number of nitrogens with zero attached hydrogens (tertiary/aromatic N) is 4. The Morgan fingerprint density at radius 2 is 2.28 bits per heavy atom. The Balaban J connectivity index is 2.02. The van der Waals surface area contributed by atoms with Crippen LogP contribution in [0.5, 0.6) is 0 Å². The Hall–Kier alpha value is -1.66. The molecule has 0 aliphatic heterocycles. The monoisotopic (exact) mass is 280 g/mol. The van der Waals surface area contributed by atoms with Crippen LogP contribution in [0.2, 0.25) is 5.15 Å². The van der Waals surface area contributed by atoms with Crippen LogP contribution in [-0.4, -0.2) is 18.9 Å². The van der Waals surface area contributed by atoms with Crippen LogP contribution in [-0.2, 0) is 6.54 Å². The van der Waals surface area contributed by atoms with Crippen LogP contribution < -0.4 is 5.56 Å². The highest BCUT2D eigenvalue weighted by Crippen LogP contribution is 2.12. The zero-order valence-electron chi connectivity index (χ0n) is 9.50. The zero-order chi connectivity index (χ0) is 12.7. The molecule has 92 valence electrons. The van der Waals surface area contributed by atoms with Crippen LogP contribution in [0.15, 0.2) is 28.6 Å². The summed E-state index contributed by atoms with van der Waals surface area (Å²) in [6.07, 6.45) is 3.85. The van der Waals surface area contributed by atoms with E-state index in [1.807, 2.05) is 22.2 Å². The third kappa shape index (κ3) is 1.93. The first-order chi connectivity index (χ1) is 8.63. The molecule has 3 rings (SSSR count). The van der Waals surface area contributed by atoms with Gasteiger partial charge in [-0.3, -0.25) is 13.8 Å². The first-order valence-corrected chi connectivity index (χ1v) is 6.54. The van der Waals surface area contributed by atoms with Gasteiger partial charge in [0.05, 0.1) is 12.2 Å². The van der Waals surface area contributed by atoms with Gasteiger partial charge in [0.25, 0.3) is 5.56 Å². The molecule has 18 heavy (non-hydrogen) atoms. The lowest BCUT2D eigenvalue weighted by Crippen LogP contribution is -2.23. The van der Waals surface area contributed by atoms with Gasteiger partial charge in [0.15, 0.2) is 4.96 Å². The summed E-state index contributed by atoms with van der Waals surface area (Å²) in [5, 5.41) is 2.19. The predicted octanol–water partition coefficient (Wildman–Crippen LogP) is 1.96. The van der Waals surface area contributed by atoms with Crippen molar-refractivity contribution in [3.63, 3.8) is 0 Å². The lowest BCUT2D eigenvalue weighted by molar-refractivity contribution is 0.690. The number of imidazole rings is 1. The molecule has 3 aromatic heterocycles. The van der Waals surface area contributed by atoms with Crippen molar-refractivity contribution >= 4 is 27.9 Å². The Kier molecular flexibility index (Phi) is 2.68. The lowest BCUT2D eigenvalue weighted by atomic mass is 10.4. The van der Waals surface area contributed by atoms with E-state index in [0.29, 0.717) is 12.4 Å². The second-order valence-electron chi connectivity index (χ2n) is 3.88. The molecule has 0 aliphatic carbocycles. The van der Waals surface area contributed by atoms with Crippen molar-refractivity contribution in [1.82, 2.24) is 18.9 Å². The maximum atomic E-state index is 11.8. The molecule has 0 bridgehead atoms. The van der Waals surface area contributed by atoms with Gasteiger partial charge in [0.1, 0.15) is 11.0 Å². The van der Waals surface area contributed by atoms with Crippen molar-refractivity contribution < 1.29 is 0 Å². The van der Waals surface area contributed by atoms with Crippen molar-refractivity contribution in [2.24, 2.45) is 0 Å². The Morgan fingerprint density at radius 3 is 3.00 bits per heavy atom. The molecule has 7 heteroatoms. The summed E-state index contributed by atoms with van der Waals surface area (Å²) in [7, 11) is 0. The maximum Gasteiger partial charge on any atom is 0.255 e. The molecule has 0 amide bonds. The highest BCUT2D eigenvalue weighted by atomic mass is 35.5. The summed E-state index contributed by atoms with van der Waals surface area (Å²) in [5.74, 6) is 0.587. The molecule has 0 spiro atoms. The van der Waals surface area contributed by atoms with Gasteiger partial charge in [-0.2, -0.15) is 0 Å². The minimum atomic E-state index is -0.163. The SMILES string of the molecule is Cc1nc(Cl)cc(=O)n1Cc1cn2ccsc2n1. The third-order valence-electron chi connectivity index (χ3n) is 2.63. The molecule has 0 atom stereocenters. The minimum absolute atomic E-state index is 0.163. The smallest absolute Gasteiger partial charge is 0.255 e. The molecule has 0 aliphatic rings. The molecule has 0 unspecified atom stereocenters. The quantitative estimate of drug-likeness (QED) is 0.674. The maximum absolute atomic E-state index is 11.8. The van der Waals surface area contributed by atoms with Crippen molar-refractivity contribution in [1.29, 1.82) is 0 Å². The fourth-order valence-electron chi connectivity index (χ4n) is 1.79. The van der Waals surface area contributed by atoms with Gasteiger partial charge in [-0.15, -0.1) is 11.3 Å². The highest BCUT2D eigenvalue weighted by molar-refractivity contribution is 7.15. The van der Waals surface area contributed by atoms with E-state index in [2.05, 4.69) is 9.97 Å². The highest BCUT2D eigenvalue weighted by Gasteiger charge is 2.08. The van der Waals surface area contributed by atoms with Crippen LogP contribution >= 0.6 is 22.9 Å². The zero-order valence-corrected chi connectivity index (χ0v) is 11.1.